The summed E-state index contributed by atoms with van der Waals surface area (Å²) >= 11 is 0. The number of likely N-dealkylation sites (tertiary alicyclic amines) is 1. The van der Waals surface area contributed by atoms with E-state index in [0.29, 0.717) is 0 Å². The molecule has 0 unspecified atom stereocenters. The Labute approximate surface area is 180 Å². The largest absolute Gasteiger partial charge is 0.385 e. The highest BCUT2D eigenvalue weighted by molar-refractivity contribution is 5.57. The van der Waals surface area contributed by atoms with E-state index in [-0.39, 0.29) is 0 Å². The second-order valence-corrected chi connectivity index (χ2v) is 8.46. The Morgan fingerprint density at radius 1 is 0.900 bits per heavy atom. The quantitative estimate of drug-likeness (QED) is 0.513. The van der Waals surface area contributed by atoms with E-state index in [4.69, 9.17) is 0 Å². The van der Waals surface area contributed by atoms with Gasteiger partial charge in [-0.25, -0.2) is 0 Å². The Morgan fingerprint density at radius 3 is 2.37 bits per heavy atom. The average molecular weight is 401 g/mol. The van der Waals surface area contributed by atoms with Crippen LogP contribution in [0.1, 0.15) is 37.4 Å². The highest BCUT2D eigenvalue weighted by atomic mass is 15.1. The number of hydrogen-bond donors (Lipinski definition) is 1. The van der Waals surface area contributed by atoms with Gasteiger partial charge in [-0.3, -0.25) is 4.90 Å². The summed E-state index contributed by atoms with van der Waals surface area (Å²) in [5, 5.41) is 12.3. The van der Waals surface area contributed by atoms with Gasteiger partial charge >= 0.3 is 0 Å². The average Bonchev–Trinajstić information content (AvgIpc) is 2.80. The number of piperidine rings is 1. The van der Waals surface area contributed by atoms with Crippen molar-refractivity contribution in [1.29, 1.82) is 0 Å². The maximum Gasteiger partial charge on any atom is 0.0929 e. The molecule has 30 heavy (non-hydrogen) atoms. The van der Waals surface area contributed by atoms with Crippen LogP contribution in [0.2, 0.25) is 0 Å². The van der Waals surface area contributed by atoms with E-state index in [2.05, 4.69) is 75.9 Å². The third-order valence-corrected chi connectivity index (χ3v) is 5.96. The first kappa shape index (κ1) is 20.5. The second kappa shape index (κ2) is 10.4. The summed E-state index contributed by atoms with van der Waals surface area (Å²) in [7, 11) is 0. The molecule has 0 amide bonds. The minimum absolute atomic E-state index is 0.889. The van der Waals surface area contributed by atoms with Crippen LogP contribution < -0.4 is 5.32 Å². The van der Waals surface area contributed by atoms with Crippen molar-refractivity contribution in [2.24, 2.45) is 5.92 Å². The van der Waals surface area contributed by atoms with E-state index < -0.39 is 0 Å². The van der Waals surface area contributed by atoms with Gasteiger partial charge in [-0.1, -0.05) is 49.4 Å². The van der Waals surface area contributed by atoms with Crippen molar-refractivity contribution >= 4 is 5.69 Å². The van der Waals surface area contributed by atoms with E-state index >= 15 is 0 Å². The topological polar surface area (TPSA) is 41.0 Å². The lowest BCUT2D eigenvalue weighted by molar-refractivity contribution is 0.185. The maximum absolute atomic E-state index is 4.39. The molecular weight excluding hydrogens is 368 g/mol. The smallest absolute Gasteiger partial charge is 0.0929 e. The molecule has 4 rings (SSSR count). The van der Waals surface area contributed by atoms with Gasteiger partial charge in [-0.05, 0) is 74.5 Å². The zero-order valence-corrected chi connectivity index (χ0v) is 17.9. The van der Waals surface area contributed by atoms with Crippen LogP contribution in [0.15, 0.2) is 66.7 Å². The third-order valence-electron chi connectivity index (χ3n) is 5.96. The summed E-state index contributed by atoms with van der Waals surface area (Å²) in [6.07, 6.45) is 4.63. The Morgan fingerprint density at radius 2 is 1.67 bits per heavy atom. The molecule has 1 aromatic heterocycles. The monoisotopic (exact) mass is 400 g/mol. The molecule has 1 N–H and O–H groups in total. The van der Waals surface area contributed by atoms with E-state index in [1.165, 1.54) is 37.2 Å². The summed E-state index contributed by atoms with van der Waals surface area (Å²) in [6, 6.07) is 23.3. The molecule has 156 valence electrons. The summed E-state index contributed by atoms with van der Waals surface area (Å²) in [5.74, 6) is 0.889. The summed E-state index contributed by atoms with van der Waals surface area (Å²) in [6.45, 7) is 6.84. The van der Waals surface area contributed by atoms with Crippen molar-refractivity contribution in [3.8, 4) is 11.3 Å². The van der Waals surface area contributed by atoms with Crippen molar-refractivity contribution in [2.75, 3.05) is 25.0 Å². The van der Waals surface area contributed by atoms with Gasteiger partial charge in [0.1, 0.15) is 0 Å². The molecule has 0 bridgehead atoms. The predicted octanol–water partition coefficient (Wildman–Crippen LogP) is 5.42. The first-order valence-electron chi connectivity index (χ1n) is 11.2. The van der Waals surface area contributed by atoms with E-state index in [9.17, 15) is 0 Å². The number of benzene rings is 2. The number of aryl methyl sites for hydroxylation is 1. The lowest BCUT2D eigenvalue weighted by Crippen LogP contribution is -2.32. The molecular formula is C26H32N4. The number of rotatable bonds is 8. The van der Waals surface area contributed by atoms with Crippen LogP contribution in [0, 0.1) is 5.92 Å². The van der Waals surface area contributed by atoms with E-state index in [1.807, 2.05) is 18.2 Å². The zero-order valence-electron chi connectivity index (χ0n) is 17.9. The fourth-order valence-electron chi connectivity index (χ4n) is 3.96. The van der Waals surface area contributed by atoms with Gasteiger partial charge in [0.2, 0.25) is 0 Å². The Kier molecular flexibility index (Phi) is 7.09. The zero-order chi connectivity index (χ0) is 20.6. The minimum atomic E-state index is 0.889. The fraction of sp³-hybridized carbons (Fsp3) is 0.385. The van der Waals surface area contributed by atoms with Crippen LogP contribution in [-0.4, -0.2) is 34.7 Å². The van der Waals surface area contributed by atoms with Crippen molar-refractivity contribution in [3.05, 3.63) is 78.0 Å². The summed E-state index contributed by atoms with van der Waals surface area (Å²) in [5.41, 5.74) is 5.68. The van der Waals surface area contributed by atoms with Gasteiger partial charge in [0.15, 0.2) is 0 Å². The maximum atomic E-state index is 4.39. The first-order valence-corrected chi connectivity index (χ1v) is 11.2. The van der Waals surface area contributed by atoms with Crippen molar-refractivity contribution < 1.29 is 0 Å². The number of aromatic nitrogens is 2. The lowest BCUT2D eigenvalue weighted by atomic mass is 9.99. The highest BCUT2D eigenvalue weighted by Crippen LogP contribution is 2.19. The molecule has 1 aliphatic rings. The van der Waals surface area contributed by atoms with Crippen LogP contribution >= 0.6 is 0 Å². The van der Waals surface area contributed by atoms with Crippen LogP contribution in [0.5, 0.6) is 0 Å². The van der Waals surface area contributed by atoms with E-state index in [1.54, 1.807) is 0 Å². The Bertz CT molecular complexity index is 883. The summed E-state index contributed by atoms with van der Waals surface area (Å²) < 4.78 is 0. The SMILES string of the molecule is CC1CCN(Cc2ccc(NCCCc3ccc(-c4ccccc4)nn3)cc2)CC1. The van der Waals surface area contributed by atoms with Gasteiger partial charge in [0, 0.05) is 24.3 Å². The molecule has 0 atom stereocenters. The molecule has 2 heterocycles. The molecule has 1 aliphatic heterocycles. The van der Waals surface area contributed by atoms with Crippen LogP contribution in [0.4, 0.5) is 5.69 Å². The second-order valence-electron chi connectivity index (χ2n) is 8.46. The fourth-order valence-corrected chi connectivity index (χ4v) is 3.96. The van der Waals surface area contributed by atoms with Crippen molar-refractivity contribution in [1.82, 2.24) is 15.1 Å². The van der Waals surface area contributed by atoms with Gasteiger partial charge in [-0.2, -0.15) is 10.2 Å². The van der Waals surface area contributed by atoms with Gasteiger partial charge in [0.25, 0.3) is 0 Å². The van der Waals surface area contributed by atoms with Crippen LogP contribution in [0.25, 0.3) is 11.3 Å². The van der Waals surface area contributed by atoms with Crippen LogP contribution in [-0.2, 0) is 13.0 Å². The molecule has 3 aromatic rings. The number of nitrogens with one attached hydrogen (secondary N) is 1. The molecule has 0 spiro atoms. The minimum Gasteiger partial charge on any atom is -0.385 e. The van der Waals surface area contributed by atoms with Gasteiger partial charge < -0.3 is 5.32 Å². The molecule has 1 saturated heterocycles. The van der Waals surface area contributed by atoms with Crippen LogP contribution in [0.3, 0.4) is 0 Å². The molecule has 1 fully saturated rings. The molecule has 0 saturated carbocycles. The molecule has 0 aliphatic carbocycles. The molecule has 2 aromatic carbocycles. The Balaban J connectivity index is 1.18. The Hall–Kier alpha value is -2.72. The van der Waals surface area contributed by atoms with Gasteiger partial charge in [0.05, 0.1) is 11.4 Å². The molecule has 4 heteroatoms. The molecule has 0 radical (unpaired) electrons. The third kappa shape index (κ3) is 5.90. The van der Waals surface area contributed by atoms with Crippen molar-refractivity contribution in [2.45, 2.75) is 39.2 Å². The van der Waals surface area contributed by atoms with E-state index in [0.717, 1.165) is 48.8 Å². The highest BCUT2D eigenvalue weighted by Gasteiger charge is 2.15. The van der Waals surface area contributed by atoms with Crippen molar-refractivity contribution in [3.63, 3.8) is 0 Å². The molecule has 4 nitrogen and oxygen atoms in total. The van der Waals surface area contributed by atoms with Gasteiger partial charge in [-0.15, -0.1) is 0 Å². The summed E-state index contributed by atoms with van der Waals surface area (Å²) in [4.78, 5) is 2.58. The number of hydrogen-bond acceptors (Lipinski definition) is 4. The standard InChI is InChI=1S/C26H32N4/c1-21-15-18-30(19-16-21)20-22-9-11-24(12-10-22)27-17-5-8-25-13-14-26(29-28-25)23-6-3-2-4-7-23/h2-4,6-7,9-14,21,27H,5,8,15-20H2,1H3. The number of anilines is 1. The first-order chi connectivity index (χ1) is 14.8. The normalized spacial score (nSPS) is 15.2. The lowest BCUT2D eigenvalue weighted by Gasteiger charge is -2.30. The number of nitrogens with zero attached hydrogens (tertiary/aromatic N) is 3. The predicted molar refractivity (Wildman–Crippen MR) is 124 cm³/mol.